The minimum Gasteiger partial charge on any atom is -0.399 e. The third kappa shape index (κ3) is 8.34. The molecular formula is C15H31N. The largest absolute Gasteiger partial charge is 0.399 e. The van der Waals surface area contributed by atoms with Gasteiger partial charge in [-0.2, -0.15) is 0 Å². The molecule has 1 heteroatoms. The predicted octanol–water partition coefficient (Wildman–Crippen LogP) is 5.27. The van der Waals surface area contributed by atoms with Crippen LogP contribution in [-0.2, 0) is 0 Å². The zero-order valence-electron chi connectivity index (χ0n) is 12.7. The van der Waals surface area contributed by atoms with Crippen LogP contribution in [0.3, 0.4) is 0 Å². The molecule has 0 fully saturated rings. The van der Waals surface area contributed by atoms with Crippen LogP contribution < -0.4 is 5.73 Å². The molecule has 0 bridgehead atoms. The van der Waals surface area contributed by atoms with Crippen LogP contribution in [0.25, 0.3) is 0 Å². The first-order valence-electron chi connectivity index (χ1n) is 6.44. The lowest BCUT2D eigenvalue weighted by Gasteiger charge is -2.04. The first-order chi connectivity index (χ1) is 7.61. The number of nitrogens with two attached hydrogens (primary N) is 1. The number of hydrogen-bond acceptors (Lipinski definition) is 1. The lowest BCUT2D eigenvalue weighted by atomic mass is 10.0. The van der Waals surface area contributed by atoms with E-state index in [0.29, 0.717) is 0 Å². The molecule has 0 amide bonds. The Morgan fingerprint density at radius 1 is 0.688 bits per heavy atom. The fraction of sp³-hybridized carbons (Fsp3) is 0.600. The molecular weight excluding hydrogens is 194 g/mol. The van der Waals surface area contributed by atoms with Gasteiger partial charge >= 0.3 is 0 Å². The van der Waals surface area contributed by atoms with Crippen LogP contribution in [0.2, 0.25) is 0 Å². The van der Waals surface area contributed by atoms with Gasteiger partial charge in [0.05, 0.1) is 0 Å². The standard InChI is InChI=1S/C9H13N.3C2H6/c1-6-4-9(10)5-7(2)8(6)3;3*1-2/h4-5H,10H2,1-3H3;3*1-2H3. The molecule has 0 aromatic heterocycles. The Kier molecular flexibility index (Phi) is 17.9. The topological polar surface area (TPSA) is 26.0 Å². The average molecular weight is 225 g/mol. The maximum absolute atomic E-state index is 5.63. The Morgan fingerprint density at radius 2 is 0.938 bits per heavy atom. The van der Waals surface area contributed by atoms with Crippen LogP contribution in [-0.4, -0.2) is 0 Å². The van der Waals surface area contributed by atoms with Crippen molar-refractivity contribution in [3.8, 4) is 0 Å². The van der Waals surface area contributed by atoms with Crippen molar-refractivity contribution >= 4 is 5.69 Å². The number of anilines is 1. The molecule has 0 aliphatic carbocycles. The molecule has 0 unspecified atom stereocenters. The van der Waals surface area contributed by atoms with Crippen molar-refractivity contribution in [2.24, 2.45) is 0 Å². The quantitative estimate of drug-likeness (QED) is 0.598. The Hall–Kier alpha value is -0.980. The lowest BCUT2D eigenvalue weighted by molar-refractivity contribution is 1.27. The summed E-state index contributed by atoms with van der Waals surface area (Å²) in [6.45, 7) is 18.3. The van der Waals surface area contributed by atoms with E-state index in [0.717, 1.165) is 5.69 Å². The third-order valence-corrected chi connectivity index (χ3v) is 1.95. The highest BCUT2D eigenvalue weighted by molar-refractivity contribution is 5.48. The van der Waals surface area contributed by atoms with E-state index in [1.807, 2.05) is 53.7 Å². The Morgan fingerprint density at radius 3 is 1.19 bits per heavy atom. The second-order valence-electron chi connectivity index (χ2n) is 2.78. The zero-order valence-corrected chi connectivity index (χ0v) is 12.7. The molecule has 0 saturated heterocycles. The SMILES string of the molecule is CC.CC.CC.Cc1cc(N)cc(C)c1C. The van der Waals surface area contributed by atoms with E-state index < -0.39 is 0 Å². The molecule has 2 N–H and O–H groups in total. The van der Waals surface area contributed by atoms with Crippen LogP contribution in [0, 0.1) is 20.8 Å². The highest BCUT2D eigenvalue weighted by Crippen LogP contribution is 2.15. The van der Waals surface area contributed by atoms with Gasteiger partial charge in [0, 0.05) is 5.69 Å². The average Bonchev–Trinajstić information content (AvgIpc) is 2.33. The molecule has 96 valence electrons. The highest BCUT2D eigenvalue weighted by Gasteiger charge is 1.96. The van der Waals surface area contributed by atoms with Crippen molar-refractivity contribution in [2.75, 3.05) is 5.73 Å². The van der Waals surface area contributed by atoms with Crippen LogP contribution in [0.4, 0.5) is 5.69 Å². The van der Waals surface area contributed by atoms with Crippen molar-refractivity contribution in [2.45, 2.75) is 62.3 Å². The molecule has 0 spiro atoms. The van der Waals surface area contributed by atoms with Gasteiger partial charge in [0.1, 0.15) is 0 Å². The Bertz CT molecular complexity index is 229. The minimum absolute atomic E-state index is 0.862. The summed E-state index contributed by atoms with van der Waals surface area (Å²) in [6.07, 6.45) is 0. The highest BCUT2D eigenvalue weighted by atomic mass is 14.5. The van der Waals surface area contributed by atoms with E-state index in [4.69, 9.17) is 5.73 Å². The van der Waals surface area contributed by atoms with Gasteiger partial charge in [-0.3, -0.25) is 0 Å². The number of nitrogen functional groups attached to an aromatic ring is 1. The van der Waals surface area contributed by atoms with E-state index in [9.17, 15) is 0 Å². The summed E-state index contributed by atoms with van der Waals surface area (Å²) >= 11 is 0. The molecule has 1 nitrogen and oxygen atoms in total. The maximum atomic E-state index is 5.63. The summed E-state index contributed by atoms with van der Waals surface area (Å²) in [5.74, 6) is 0. The van der Waals surface area contributed by atoms with Gasteiger partial charge < -0.3 is 5.73 Å². The van der Waals surface area contributed by atoms with Gasteiger partial charge in [-0.15, -0.1) is 0 Å². The summed E-state index contributed by atoms with van der Waals surface area (Å²) in [7, 11) is 0. The molecule has 1 rings (SSSR count). The summed E-state index contributed by atoms with van der Waals surface area (Å²) in [5.41, 5.74) is 10.4. The zero-order chi connectivity index (χ0) is 13.7. The van der Waals surface area contributed by atoms with Gasteiger partial charge in [-0.1, -0.05) is 41.5 Å². The fourth-order valence-electron chi connectivity index (χ4n) is 1.07. The molecule has 0 saturated carbocycles. The molecule has 1 aromatic rings. The van der Waals surface area contributed by atoms with Crippen molar-refractivity contribution in [1.82, 2.24) is 0 Å². The van der Waals surface area contributed by atoms with E-state index in [-0.39, 0.29) is 0 Å². The smallest absolute Gasteiger partial charge is 0.0319 e. The van der Waals surface area contributed by atoms with Gasteiger partial charge in [-0.05, 0) is 49.6 Å². The number of hydrogen-bond donors (Lipinski definition) is 1. The second-order valence-corrected chi connectivity index (χ2v) is 2.78. The molecule has 0 heterocycles. The minimum atomic E-state index is 0.862. The van der Waals surface area contributed by atoms with Gasteiger partial charge in [0.2, 0.25) is 0 Å². The van der Waals surface area contributed by atoms with Gasteiger partial charge in [-0.25, -0.2) is 0 Å². The Balaban J connectivity index is -0.000000245. The van der Waals surface area contributed by atoms with Crippen molar-refractivity contribution in [1.29, 1.82) is 0 Å². The monoisotopic (exact) mass is 225 g/mol. The summed E-state index contributed by atoms with van der Waals surface area (Å²) in [6, 6.07) is 4.00. The first-order valence-corrected chi connectivity index (χ1v) is 6.44. The van der Waals surface area contributed by atoms with E-state index in [1.165, 1.54) is 16.7 Å². The fourth-order valence-corrected chi connectivity index (χ4v) is 1.07. The van der Waals surface area contributed by atoms with E-state index in [2.05, 4.69) is 20.8 Å². The second kappa shape index (κ2) is 14.0. The maximum Gasteiger partial charge on any atom is 0.0319 e. The predicted molar refractivity (Wildman–Crippen MR) is 79.1 cm³/mol. The van der Waals surface area contributed by atoms with Crippen molar-refractivity contribution < 1.29 is 0 Å². The normalized spacial score (nSPS) is 7.31. The molecule has 16 heavy (non-hydrogen) atoms. The molecule has 0 atom stereocenters. The summed E-state index contributed by atoms with van der Waals surface area (Å²) < 4.78 is 0. The summed E-state index contributed by atoms with van der Waals surface area (Å²) in [4.78, 5) is 0. The van der Waals surface area contributed by atoms with Crippen LogP contribution >= 0.6 is 0 Å². The van der Waals surface area contributed by atoms with Crippen molar-refractivity contribution in [3.05, 3.63) is 28.8 Å². The molecule has 1 aromatic carbocycles. The third-order valence-electron chi connectivity index (χ3n) is 1.95. The summed E-state index contributed by atoms with van der Waals surface area (Å²) in [5, 5.41) is 0. The number of benzene rings is 1. The first kappa shape index (κ1) is 20.4. The molecule has 0 aliphatic heterocycles. The van der Waals surface area contributed by atoms with Gasteiger partial charge in [0.25, 0.3) is 0 Å². The van der Waals surface area contributed by atoms with Crippen molar-refractivity contribution in [3.63, 3.8) is 0 Å². The molecule has 0 radical (unpaired) electrons. The van der Waals surface area contributed by atoms with Crippen LogP contribution in [0.1, 0.15) is 58.2 Å². The van der Waals surface area contributed by atoms with Crippen LogP contribution in [0.15, 0.2) is 12.1 Å². The number of aryl methyl sites for hydroxylation is 2. The van der Waals surface area contributed by atoms with E-state index >= 15 is 0 Å². The van der Waals surface area contributed by atoms with E-state index in [1.54, 1.807) is 0 Å². The number of rotatable bonds is 0. The molecule has 0 aliphatic rings. The van der Waals surface area contributed by atoms with Gasteiger partial charge in [0.15, 0.2) is 0 Å². The lowest BCUT2D eigenvalue weighted by Crippen LogP contribution is -1.91. The Labute approximate surface area is 103 Å². The van der Waals surface area contributed by atoms with Crippen LogP contribution in [0.5, 0.6) is 0 Å².